The molecule has 0 saturated heterocycles. The van der Waals surface area contributed by atoms with E-state index in [1.165, 1.54) is 12.1 Å². The van der Waals surface area contributed by atoms with Crippen molar-refractivity contribution in [3.8, 4) is 5.75 Å². The van der Waals surface area contributed by atoms with Gasteiger partial charge in [0.15, 0.2) is 0 Å². The minimum Gasteiger partial charge on any atom is -0.404 e. The van der Waals surface area contributed by atoms with Crippen molar-refractivity contribution in [2.24, 2.45) is 5.73 Å². The average Bonchev–Trinajstić information content (AvgIpc) is 2.36. The number of rotatable bonds is 6. The standard InChI is InChI=1S/C13H17ClF3NO2.ClH/c1-2-3-4-10(19)12(18)8-5-6-11(9(14)7-8)20-13(15,16)17;/h5-7,10,12,19H,2-4,18H2,1H3;1H/t10-,12+;/m0./s1. The van der Waals surface area contributed by atoms with E-state index in [2.05, 4.69) is 4.74 Å². The number of halogens is 5. The lowest BCUT2D eigenvalue weighted by Crippen LogP contribution is -2.26. The summed E-state index contributed by atoms with van der Waals surface area (Å²) in [6.07, 6.45) is -3.30. The van der Waals surface area contributed by atoms with Gasteiger partial charge in [-0.1, -0.05) is 37.4 Å². The van der Waals surface area contributed by atoms with Crippen LogP contribution in [0.5, 0.6) is 5.75 Å². The molecule has 1 aromatic carbocycles. The highest BCUT2D eigenvalue weighted by atomic mass is 35.5. The molecule has 0 saturated carbocycles. The molecule has 0 heterocycles. The molecule has 2 atom stereocenters. The molecule has 122 valence electrons. The van der Waals surface area contributed by atoms with Crippen LogP contribution in [-0.4, -0.2) is 17.6 Å². The molecule has 1 aromatic rings. The highest BCUT2D eigenvalue weighted by Gasteiger charge is 2.32. The van der Waals surface area contributed by atoms with E-state index < -0.39 is 24.3 Å². The Morgan fingerprint density at radius 3 is 2.48 bits per heavy atom. The molecule has 21 heavy (non-hydrogen) atoms. The lowest BCUT2D eigenvalue weighted by atomic mass is 9.98. The molecular weight excluding hydrogens is 330 g/mol. The summed E-state index contributed by atoms with van der Waals surface area (Å²) in [7, 11) is 0. The zero-order valence-electron chi connectivity index (χ0n) is 11.4. The number of aliphatic hydroxyl groups excluding tert-OH is 1. The van der Waals surface area contributed by atoms with Crippen molar-refractivity contribution in [2.75, 3.05) is 0 Å². The predicted octanol–water partition coefficient (Wildman–Crippen LogP) is 4.21. The summed E-state index contributed by atoms with van der Waals surface area (Å²) < 4.78 is 40.1. The smallest absolute Gasteiger partial charge is 0.404 e. The van der Waals surface area contributed by atoms with Gasteiger partial charge in [0, 0.05) is 0 Å². The van der Waals surface area contributed by atoms with Gasteiger partial charge in [-0.25, -0.2) is 0 Å². The van der Waals surface area contributed by atoms with Gasteiger partial charge in [-0.3, -0.25) is 0 Å². The Hall–Kier alpha value is -0.690. The molecule has 0 bridgehead atoms. The number of alkyl halides is 3. The van der Waals surface area contributed by atoms with Crippen LogP contribution < -0.4 is 10.5 Å². The summed E-state index contributed by atoms with van der Waals surface area (Å²) in [5, 5.41) is 9.67. The Morgan fingerprint density at radius 2 is 2.00 bits per heavy atom. The summed E-state index contributed by atoms with van der Waals surface area (Å²) in [6, 6.07) is 3.05. The second-order valence-electron chi connectivity index (χ2n) is 4.47. The van der Waals surface area contributed by atoms with Gasteiger partial charge in [0.05, 0.1) is 17.2 Å². The van der Waals surface area contributed by atoms with E-state index in [4.69, 9.17) is 17.3 Å². The fraction of sp³-hybridized carbons (Fsp3) is 0.538. The zero-order chi connectivity index (χ0) is 15.3. The minimum absolute atomic E-state index is 0. The minimum atomic E-state index is -4.80. The lowest BCUT2D eigenvalue weighted by Gasteiger charge is -2.20. The van der Waals surface area contributed by atoms with Crippen LogP contribution in [0.3, 0.4) is 0 Å². The van der Waals surface area contributed by atoms with Gasteiger partial charge >= 0.3 is 6.36 Å². The van der Waals surface area contributed by atoms with Crippen LogP contribution in [0.4, 0.5) is 13.2 Å². The summed E-state index contributed by atoms with van der Waals surface area (Å²) >= 11 is 5.73. The zero-order valence-corrected chi connectivity index (χ0v) is 12.9. The Kier molecular flexibility index (Phi) is 8.39. The number of benzene rings is 1. The van der Waals surface area contributed by atoms with Crippen LogP contribution in [0.25, 0.3) is 0 Å². The van der Waals surface area contributed by atoms with Crippen molar-refractivity contribution < 1.29 is 23.0 Å². The predicted molar refractivity (Wildman–Crippen MR) is 77.8 cm³/mol. The molecule has 0 amide bonds. The van der Waals surface area contributed by atoms with E-state index >= 15 is 0 Å². The van der Waals surface area contributed by atoms with Gasteiger partial charge in [0.1, 0.15) is 5.75 Å². The monoisotopic (exact) mass is 347 g/mol. The van der Waals surface area contributed by atoms with E-state index in [1.54, 1.807) is 0 Å². The van der Waals surface area contributed by atoms with Crippen LogP contribution in [0, 0.1) is 0 Å². The Morgan fingerprint density at radius 1 is 1.38 bits per heavy atom. The van der Waals surface area contributed by atoms with Crippen molar-refractivity contribution in [1.29, 1.82) is 0 Å². The summed E-state index contributed by atoms with van der Waals surface area (Å²) in [5.74, 6) is -0.488. The third kappa shape index (κ3) is 6.74. The molecule has 0 unspecified atom stereocenters. The number of unbranched alkanes of at least 4 members (excludes halogenated alkanes) is 1. The van der Waals surface area contributed by atoms with E-state index in [0.717, 1.165) is 18.9 Å². The second kappa shape index (κ2) is 8.68. The molecule has 0 radical (unpaired) electrons. The van der Waals surface area contributed by atoms with E-state index in [9.17, 15) is 18.3 Å². The van der Waals surface area contributed by atoms with Gasteiger partial charge in [-0.2, -0.15) is 0 Å². The Bertz CT molecular complexity index is 444. The molecule has 0 aliphatic rings. The quantitative estimate of drug-likeness (QED) is 0.810. The first kappa shape index (κ1) is 20.3. The number of nitrogens with two attached hydrogens (primary N) is 1. The first-order chi connectivity index (χ1) is 9.24. The number of ether oxygens (including phenoxy) is 1. The van der Waals surface area contributed by atoms with Crippen molar-refractivity contribution in [2.45, 2.75) is 44.7 Å². The lowest BCUT2D eigenvalue weighted by molar-refractivity contribution is -0.274. The third-order valence-corrected chi connectivity index (χ3v) is 3.13. The largest absolute Gasteiger partial charge is 0.573 e. The van der Waals surface area contributed by atoms with Gasteiger partial charge in [-0.05, 0) is 24.1 Å². The van der Waals surface area contributed by atoms with E-state index in [0.29, 0.717) is 12.0 Å². The molecule has 8 heteroatoms. The summed E-state index contributed by atoms with van der Waals surface area (Å²) in [6.45, 7) is 1.98. The first-order valence-electron chi connectivity index (χ1n) is 6.23. The van der Waals surface area contributed by atoms with Crippen LogP contribution in [0.15, 0.2) is 18.2 Å². The molecule has 0 aromatic heterocycles. The normalized spacial score (nSPS) is 14.2. The molecule has 3 nitrogen and oxygen atoms in total. The molecule has 1 rings (SSSR count). The van der Waals surface area contributed by atoms with Crippen molar-refractivity contribution in [3.05, 3.63) is 28.8 Å². The van der Waals surface area contributed by atoms with Gasteiger partial charge in [-0.15, -0.1) is 25.6 Å². The van der Waals surface area contributed by atoms with Crippen LogP contribution in [-0.2, 0) is 0 Å². The van der Waals surface area contributed by atoms with Crippen molar-refractivity contribution in [3.63, 3.8) is 0 Å². The fourth-order valence-corrected chi connectivity index (χ4v) is 1.97. The van der Waals surface area contributed by atoms with Gasteiger partial charge < -0.3 is 15.6 Å². The molecule has 0 spiro atoms. The van der Waals surface area contributed by atoms with Crippen molar-refractivity contribution in [1.82, 2.24) is 0 Å². The fourth-order valence-electron chi connectivity index (χ4n) is 1.75. The highest BCUT2D eigenvalue weighted by molar-refractivity contribution is 6.32. The molecule has 0 aliphatic heterocycles. The molecule has 3 N–H and O–H groups in total. The van der Waals surface area contributed by atoms with E-state index in [-0.39, 0.29) is 17.4 Å². The Balaban J connectivity index is 0.00000400. The molecular formula is C13H18Cl2F3NO2. The number of hydrogen-bond acceptors (Lipinski definition) is 3. The van der Waals surface area contributed by atoms with Gasteiger partial charge in [0.25, 0.3) is 0 Å². The van der Waals surface area contributed by atoms with Crippen molar-refractivity contribution >= 4 is 24.0 Å². The van der Waals surface area contributed by atoms with Crippen LogP contribution in [0.1, 0.15) is 37.8 Å². The summed E-state index contributed by atoms with van der Waals surface area (Å²) in [5.41, 5.74) is 6.32. The van der Waals surface area contributed by atoms with Gasteiger partial charge in [0.2, 0.25) is 0 Å². The highest BCUT2D eigenvalue weighted by Crippen LogP contribution is 2.32. The Labute approximate surface area is 132 Å². The topological polar surface area (TPSA) is 55.5 Å². The maximum absolute atomic E-state index is 12.1. The SMILES string of the molecule is CCCC[C@H](O)[C@H](N)c1ccc(OC(F)(F)F)c(Cl)c1.Cl. The van der Waals surface area contributed by atoms with Crippen LogP contribution in [0.2, 0.25) is 5.02 Å². The average molecular weight is 348 g/mol. The first-order valence-corrected chi connectivity index (χ1v) is 6.61. The maximum Gasteiger partial charge on any atom is 0.573 e. The van der Waals surface area contributed by atoms with Crippen LogP contribution >= 0.6 is 24.0 Å². The number of aliphatic hydroxyl groups is 1. The maximum atomic E-state index is 12.1. The molecule has 0 fully saturated rings. The second-order valence-corrected chi connectivity index (χ2v) is 4.88. The molecule has 0 aliphatic carbocycles. The summed E-state index contributed by atoms with van der Waals surface area (Å²) in [4.78, 5) is 0. The number of hydrogen-bond donors (Lipinski definition) is 2. The third-order valence-electron chi connectivity index (χ3n) is 2.83. The van der Waals surface area contributed by atoms with E-state index in [1.807, 2.05) is 6.92 Å².